The van der Waals surface area contributed by atoms with Crippen LogP contribution >= 0.6 is 0 Å². The first-order valence-electron chi connectivity index (χ1n) is 10.6. The van der Waals surface area contributed by atoms with E-state index in [-0.39, 0.29) is 0 Å². The number of hydrogen-bond donors (Lipinski definition) is 0. The van der Waals surface area contributed by atoms with Gasteiger partial charge in [0, 0.05) is 17.9 Å². The van der Waals surface area contributed by atoms with Gasteiger partial charge >= 0.3 is 0 Å². The second-order valence-corrected chi connectivity index (χ2v) is 8.85. The fourth-order valence-electron chi connectivity index (χ4n) is 6.56. The number of nitrogens with zero attached hydrogens (tertiary/aromatic N) is 1. The maximum Gasteiger partial charge on any atom is 0.270 e. The van der Waals surface area contributed by atoms with Crippen molar-refractivity contribution >= 4 is 17.9 Å². The van der Waals surface area contributed by atoms with Crippen LogP contribution in [0.1, 0.15) is 91.3 Å². The topological polar surface area (TPSA) is 3.24 Å². The van der Waals surface area contributed by atoms with Gasteiger partial charge in [0.1, 0.15) is 0 Å². The van der Waals surface area contributed by atoms with E-state index in [0.717, 1.165) is 6.42 Å². The molecule has 6 rings (SSSR count). The molecule has 2 heteroatoms. The van der Waals surface area contributed by atoms with Gasteiger partial charge in [-0.25, -0.2) is 0 Å². The van der Waals surface area contributed by atoms with Crippen molar-refractivity contribution in [3.8, 4) is 0 Å². The third kappa shape index (κ3) is 1.80. The van der Waals surface area contributed by atoms with Gasteiger partial charge in [-0.2, -0.15) is 0 Å². The molecule has 0 fully saturated rings. The second kappa shape index (κ2) is 5.26. The highest BCUT2D eigenvalue weighted by Gasteiger charge is 2.52. The predicted octanol–water partition coefficient (Wildman–Crippen LogP) is 6.30. The van der Waals surface area contributed by atoms with Gasteiger partial charge in [-0.05, 0) is 65.1 Å². The van der Waals surface area contributed by atoms with Gasteiger partial charge in [0.25, 0.3) is 6.85 Å². The summed E-state index contributed by atoms with van der Waals surface area (Å²) in [6.45, 7) is 9.99. The van der Waals surface area contributed by atoms with Crippen molar-refractivity contribution in [2.24, 2.45) is 0 Å². The van der Waals surface area contributed by atoms with Crippen LogP contribution in [0.3, 0.4) is 0 Å². The molecular formula is C25H26BN. The molecule has 0 saturated carbocycles. The Hall–Kier alpha value is -2.06. The minimum atomic E-state index is 0.453. The smallest absolute Gasteiger partial charge is 0.270 e. The molecule has 4 unspecified atom stereocenters. The van der Waals surface area contributed by atoms with Crippen molar-refractivity contribution in [3.63, 3.8) is 0 Å². The summed E-state index contributed by atoms with van der Waals surface area (Å²) in [6.07, 6.45) is 6.29. The van der Waals surface area contributed by atoms with E-state index < -0.39 is 0 Å². The Morgan fingerprint density at radius 3 is 2.41 bits per heavy atom. The molecule has 2 heterocycles. The molecule has 2 aliphatic heterocycles. The zero-order chi connectivity index (χ0) is 18.4. The van der Waals surface area contributed by atoms with E-state index in [4.69, 9.17) is 0 Å². The van der Waals surface area contributed by atoms with Crippen LogP contribution < -0.4 is 0 Å². The summed E-state index contributed by atoms with van der Waals surface area (Å²) in [5, 5.41) is 0. The van der Waals surface area contributed by atoms with Crippen molar-refractivity contribution in [2.45, 2.75) is 57.9 Å². The monoisotopic (exact) mass is 351 g/mol. The normalized spacial score (nSPS) is 29.9. The second-order valence-electron chi connectivity index (χ2n) is 8.85. The maximum absolute atomic E-state index is 2.81. The predicted molar refractivity (Wildman–Crippen MR) is 115 cm³/mol. The van der Waals surface area contributed by atoms with Crippen molar-refractivity contribution in [1.29, 1.82) is 0 Å². The Morgan fingerprint density at radius 1 is 0.889 bits per heavy atom. The SMILES string of the molecule is CCC1=CC2B3C4=CC(C)c5cccc(c54)C(C)N3C(C)c3cccc1c32. The number of hydrogen-bond acceptors (Lipinski definition) is 1. The molecule has 0 bridgehead atoms. The van der Waals surface area contributed by atoms with Crippen LogP contribution in [0.5, 0.6) is 0 Å². The largest absolute Gasteiger partial charge is 0.325 e. The van der Waals surface area contributed by atoms with E-state index in [1.54, 1.807) is 33.3 Å². The molecule has 1 nitrogen and oxygen atoms in total. The van der Waals surface area contributed by atoms with Gasteiger partial charge in [0.05, 0.1) is 0 Å². The molecule has 4 aliphatic rings. The average Bonchev–Trinajstić information content (AvgIpc) is 3.22. The van der Waals surface area contributed by atoms with Gasteiger partial charge in [0.2, 0.25) is 0 Å². The summed E-state index contributed by atoms with van der Waals surface area (Å²) < 4.78 is 0. The standard InChI is InChI=1S/C25H26BN/c1-5-17-13-23-25-20(10-7-11-21(17)25)16(4)27-15(3)19-9-6-8-18-14(2)12-22(24(18)19)26(23)27/h6-16,23H,5H2,1-4H3. The van der Waals surface area contributed by atoms with Gasteiger partial charge in [0.15, 0.2) is 0 Å². The molecule has 0 N–H and O–H groups in total. The maximum atomic E-state index is 2.81. The zero-order valence-electron chi connectivity index (χ0n) is 16.7. The van der Waals surface area contributed by atoms with E-state index in [9.17, 15) is 0 Å². The molecule has 0 aromatic heterocycles. The van der Waals surface area contributed by atoms with E-state index in [2.05, 4.69) is 81.1 Å². The number of allylic oxidation sites excluding steroid dienone is 3. The molecule has 0 saturated heterocycles. The molecular weight excluding hydrogens is 325 g/mol. The fraction of sp³-hybridized carbons (Fsp3) is 0.360. The highest BCUT2D eigenvalue weighted by atomic mass is 15.1. The summed E-state index contributed by atoms with van der Waals surface area (Å²) in [5.74, 6) is 1.03. The van der Waals surface area contributed by atoms with Crippen LogP contribution in [-0.4, -0.2) is 11.7 Å². The summed E-state index contributed by atoms with van der Waals surface area (Å²) >= 11 is 0. The van der Waals surface area contributed by atoms with Crippen molar-refractivity contribution < 1.29 is 0 Å². The fourth-order valence-corrected chi connectivity index (χ4v) is 6.56. The first-order valence-corrected chi connectivity index (χ1v) is 10.6. The van der Waals surface area contributed by atoms with Crippen LogP contribution in [0, 0.1) is 0 Å². The van der Waals surface area contributed by atoms with Crippen LogP contribution in [0.4, 0.5) is 0 Å². The third-order valence-electron chi connectivity index (χ3n) is 7.69. The van der Waals surface area contributed by atoms with Crippen molar-refractivity contribution in [1.82, 2.24) is 4.81 Å². The Balaban J connectivity index is 1.65. The summed E-state index contributed by atoms with van der Waals surface area (Å²) in [5.41, 5.74) is 12.5. The van der Waals surface area contributed by atoms with E-state index in [0.29, 0.717) is 30.7 Å². The quantitative estimate of drug-likeness (QED) is 0.545. The van der Waals surface area contributed by atoms with E-state index in [1.807, 2.05) is 0 Å². The average molecular weight is 351 g/mol. The van der Waals surface area contributed by atoms with Crippen molar-refractivity contribution in [2.75, 3.05) is 0 Å². The molecule has 2 aromatic rings. The molecule has 0 spiro atoms. The summed E-state index contributed by atoms with van der Waals surface area (Å²) in [4.78, 5) is 2.81. The number of fused-ring (bicyclic) bond motifs is 3. The van der Waals surface area contributed by atoms with Gasteiger partial charge < -0.3 is 4.81 Å². The number of rotatable bonds is 1. The lowest BCUT2D eigenvalue weighted by atomic mass is 9.38. The molecule has 0 amide bonds. The summed E-state index contributed by atoms with van der Waals surface area (Å²) in [7, 11) is 0. The lowest BCUT2D eigenvalue weighted by molar-refractivity contribution is 0.268. The first kappa shape index (κ1) is 16.0. The summed E-state index contributed by atoms with van der Waals surface area (Å²) in [6, 6.07) is 14.9. The lowest BCUT2D eigenvalue weighted by Gasteiger charge is -2.50. The first-order chi connectivity index (χ1) is 13.1. The molecule has 134 valence electrons. The molecule has 2 aromatic carbocycles. The van der Waals surface area contributed by atoms with Crippen LogP contribution in [0.15, 0.2) is 48.6 Å². The van der Waals surface area contributed by atoms with Gasteiger partial charge in [-0.15, -0.1) is 0 Å². The Labute approximate surface area is 162 Å². The Bertz CT molecular complexity index is 1050. The van der Waals surface area contributed by atoms with Crippen molar-refractivity contribution in [3.05, 3.63) is 81.9 Å². The molecule has 2 aliphatic carbocycles. The number of benzene rings is 2. The Kier molecular flexibility index (Phi) is 3.11. The van der Waals surface area contributed by atoms with E-state index >= 15 is 0 Å². The Morgan fingerprint density at radius 2 is 1.59 bits per heavy atom. The van der Waals surface area contributed by atoms with Gasteiger partial charge in [-0.3, -0.25) is 0 Å². The van der Waals surface area contributed by atoms with Crippen LogP contribution in [0.2, 0.25) is 0 Å². The highest BCUT2D eigenvalue weighted by molar-refractivity contribution is 6.79. The molecule has 0 radical (unpaired) electrons. The minimum absolute atomic E-state index is 0.453. The molecule has 27 heavy (non-hydrogen) atoms. The van der Waals surface area contributed by atoms with E-state index in [1.165, 1.54) is 11.1 Å². The third-order valence-corrected chi connectivity index (χ3v) is 7.69. The zero-order valence-corrected chi connectivity index (χ0v) is 16.7. The minimum Gasteiger partial charge on any atom is -0.325 e. The highest BCUT2D eigenvalue weighted by Crippen LogP contribution is 2.57. The molecule has 4 atom stereocenters. The van der Waals surface area contributed by atoms with Crippen LogP contribution in [0.25, 0.3) is 11.0 Å². The van der Waals surface area contributed by atoms with Crippen LogP contribution in [-0.2, 0) is 0 Å². The lowest BCUT2D eigenvalue weighted by Crippen LogP contribution is -2.52. The van der Waals surface area contributed by atoms with Gasteiger partial charge in [-0.1, -0.05) is 67.9 Å².